The molecule has 6 heteroatoms. The molecule has 0 saturated heterocycles. The standard InChI is InChI=1S/C18H40N.H2O4S/c1-5-7-9-10-11-12-13-14-15-16-18-19(3,4)17-8-6-2;1-5(2,3)4/h5-18H2,1-4H3;(H2,1,2,3,4)/q+1;/p-1. The van der Waals surface area contributed by atoms with Gasteiger partial charge in [-0.3, -0.25) is 4.55 Å². The highest BCUT2D eigenvalue weighted by atomic mass is 32.3. The second-order valence-corrected chi connectivity index (χ2v) is 8.20. The predicted octanol–water partition coefficient (Wildman–Crippen LogP) is 4.79. The third-order valence-electron chi connectivity index (χ3n) is 4.23. The molecule has 0 fully saturated rings. The molecule has 1 N–H and O–H groups in total. The van der Waals surface area contributed by atoms with E-state index in [4.69, 9.17) is 17.5 Å². The quantitative estimate of drug-likeness (QED) is 0.207. The summed E-state index contributed by atoms with van der Waals surface area (Å²) in [5.74, 6) is 0. The Balaban J connectivity index is 0. The summed E-state index contributed by atoms with van der Waals surface area (Å²) in [5.41, 5.74) is 0. The van der Waals surface area contributed by atoms with Crippen molar-refractivity contribution < 1.29 is 22.0 Å². The van der Waals surface area contributed by atoms with E-state index in [9.17, 15) is 0 Å². The van der Waals surface area contributed by atoms with Crippen LogP contribution in [-0.2, 0) is 10.4 Å². The minimum Gasteiger partial charge on any atom is -0.726 e. The lowest BCUT2D eigenvalue weighted by Crippen LogP contribution is -2.41. The van der Waals surface area contributed by atoms with E-state index < -0.39 is 10.4 Å². The third kappa shape index (κ3) is 29.8. The molecule has 0 aromatic carbocycles. The SMILES string of the molecule is CCCCCCCCCCCC[N+](C)(C)CCCC.O=S(=O)([O-])O. The topological polar surface area (TPSA) is 77.4 Å². The Hall–Kier alpha value is -0.170. The summed E-state index contributed by atoms with van der Waals surface area (Å²) >= 11 is 0. The molecule has 148 valence electrons. The van der Waals surface area contributed by atoms with Gasteiger partial charge in [-0.25, -0.2) is 8.42 Å². The summed E-state index contributed by atoms with van der Waals surface area (Å²) in [4.78, 5) is 0. The van der Waals surface area contributed by atoms with Crippen LogP contribution in [-0.4, -0.2) is 49.2 Å². The molecule has 0 rings (SSSR count). The van der Waals surface area contributed by atoms with Gasteiger partial charge in [-0.2, -0.15) is 0 Å². The summed E-state index contributed by atoms with van der Waals surface area (Å²) in [6, 6.07) is 0. The molecule has 0 atom stereocenters. The largest absolute Gasteiger partial charge is 0.726 e. The number of hydrogen-bond acceptors (Lipinski definition) is 3. The van der Waals surface area contributed by atoms with Crippen LogP contribution in [0.2, 0.25) is 0 Å². The van der Waals surface area contributed by atoms with Gasteiger partial charge < -0.3 is 9.04 Å². The van der Waals surface area contributed by atoms with Crippen molar-refractivity contribution in [3.05, 3.63) is 0 Å². The minimum atomic E-state index is -4.92. The van der Waals surface area contributed by atoms with Crippen LogP contribution in [0.5, 0.6) is 0 Å². The van der Waals surface area contributed by atoms with E-state index in [2.05, 4.69) is 27.9 Å². The van der Waals surface area contributed by atoms with Crippen molar-refractivity contribution in [1.29, 1.82) is 0 Å². The smallest absolute Gasteiger partial charge is 0.215 e. The van der Waals surface area contributed by atoms with Crippen molar-refractivity contribution in [3.8, 4) is 0 Å². The molecule has 0 aliphatic heterocycles. The van der Waals surface area contributed by atoms with Crippen molar-refractivity contribution in [2.75, 3.05) is 27.2 Å². The molecule has 0 amide bonds. The fourth-order valence-corrected chi connectivity index (χ4v) is 2.73. The van der Waals surface area contributed by atoms with Crippen LogP contribution in [0.4, 0.5) is 0 Å². The van der Waals surface area contributed by atoms with Gasteiger partial charge in [0.25, 0.3) is 0 Å². The van der Waals surface area contributed by atoms with E-state index in [0.717, 1.165) is 0 Å². The molecule has 24 heavy (non-hydrogen) atoms. The van der Waals surface area contributed by atoms with Gasteiger partial charge in [-0.15, -0.1) is 0 Å². The summed E-state index contributed by atoms with van der Waals surface area (Å²) in [7, 11) is -0.132. The highest BCUT2D eigenvalue weighted by Gasteiger charge is 2.12. The second kappa shape index (κ2) is 16.3. The normalized spacial score (nSPS) is 11.9. The van der Waals surface area contributed by atoms with Gasteiger partial charge >= 0.3 is 0 Å². The maximum Gasteiger partial charge on any atom is 0.215 e. The zero-order valence-corrected chi connectivity index (χ0v) is 17.2. The highest BCUT2D eigenvalue weighted by molar-refractivity contribution is 7.79. The Kier molecular flexibility index (Phi) is 17.7. The second-order valence-electron chi connectivity index (χ2n) is 7.35. The molecule has 0 saturated carbocycles. The van der Waals surface area contributed by atoms with Gasteiger partial charge in [0, 0.05) is 0 Å². The molecule has 0 bridgehead atoms. The Morgan fingerprint density at radius 1 is 0.708 bits per heavy atom. The molecule has 0 aromatic rings. The summed E-state index contributed by atoms with van der Waals surface area (Å²) in [6.07, 6.45) is 17.2. The fraction of sp³-hybridized carbons (Fsp3) is 1.00. The number of rotatable bonds is 14. The fourth-order valence-electron chi connectivity index (χ4n) is 2.73. The number of hydrogen-bond donors (Lipinski definition) is 1. The molecule has 0 aliphatic carbocycles. The first-order valence-electron chi connectivity index (χ1n) is 9.62. The highest BCUT2D eigenvalue weighted by Crippen LogP contribution is 2.12. The minimum absolute atomic E-state index is 1.23. The summed E-state index contributed by atoms with van der Waals surface area (Å²) < 4.78 is 34.1. The Bertz CT molecular complexity index is 348. The van der Waals surface area contributed by atoms with Gasteiger partial charge in [0.15, 0.2) is 0 Å². The lowest BCUT2D eigenvalue weighted by Gasteiger charge is -2.29. The molecule has 0 aromatic heterocycles. The van der Waals surface area contributed by atoms with Crippen LogP contribution < -0.4 is 0 Å². The number of unbranched alkanes of at least 4 members (excludes halogenated alkanes) is 10. The zero-order chi connectivity index (χ0) is 18.9. The maximum atomic E-state index is 8.63. The first kappa shape index (κ1) is 26.1. The summed E-state index contributed by atoms with van der Waals surface area (Å²) in [5, 5.41) is 0. The molecular formula is C18H41NO4S. The van der Waals surface area contributed by atoms with Crippen LogP contribution in [0.1, 0.15) is 90.9 Å². The van der Waals surface area contributed by atoms with Crippen LogP contribution in [0.15, 0.2) is 0 Å². The van der Waals surface area contributed by atoms with Crippen LogP contribution >= 0.6 is 0 Å². The van der Waals surface area contributed by atoms with Gasteiger partial charge in [0.05, 0.1) is 27.2 Å². The van der Waals surface area contributed by atoms with Crippen molar-refractivity contribution in [2.45, 2.75) is 90.9 Å². The number of quaternary nitrogens is 1. The van der Waals surface area contributed by atoms with E-state index in [1.165, 1.54) is 94.6 Å². The van der Waals surface area contributed by atoms with Crippen molar-refractivity contribution in [3.63, 3.8) is 0 Å². The Morgan fingerprint density at radius 2 is 1.00 bits per heavy atom. The van der Waals surface area contributed by atoms with E-state index in [-0.39, 0.29) is 0 Å². The number of nitrogens with zero attached hydrogens (tertiary/aromatic N) is 1. The average molecular weight is 368 g/mol. The monoisotopic (exact) mass is 367 g/mol. The van der Waals surface area contributed by atoms with Crippen LogP contribution in [0.25, 0.3) is 0 Å². The van der Waals surface area contributed by atoms with Gasteiger partial charge in [0.2, 0.25) is 10.4 Å². The van der Waals surface area contributed by atoms with E-state index in [1.54, 1.807) is 0 Å². The third-order valence-corrected chi connectivity index (χ3v) is 4.23. The molecule has 0 heterocycles. The van der Waals surface area contributed by atoms with Gasteiger partial charge in [-0.05, 0) is 19.3 Å². The van der Waals surface area contributed by atoms with Crippen LogP contribution in [0.3, 0.4) is 0 Å². The van der Waals surface area contributed by atoms with Gasteiger partial charge in [-0.1, -0.05) is 71.6 Å². The predicted molar refractivity (Wildman–Crippen MR) is 101 cm³/mol. The zero-order valence-electron chi connectivity index (χ0n) is 16.4. The van der Waals surface area contributed by atoms with E-state index in [0.29, 0.717) is 0 Å². The van der Waals surface area contributed by atoms with Crippen LogP contribution in [0, 0.1) is 0 Å². The molecule has 0 spiro atoms. The maximum absolute atomic E-state index is 8.63. The molecule has 0 unspecified atom stereocenters. The Morgan fingerprint density at radius 3 is 1.38 bits per heavy atom. The molecule has 5 nitrogen and oxygen atoms in total. The van der Waals surface area contributed by atoms with E-state index >= 15 is 0 Å². The Labute approximate surface area is 151 Å². The lowest BCUT2D eigenvalue weighted by molar-refractivity contribution is -0.890. The van der Waals surface area contributed by atoms with Crippen molar-refractivity contribution in [1.82, 2.24) is 0 Å². The summed E-state index contributed by atoms with van der Waals surface area (Å²) in [6.45, 7) is 7.31. The van der Waals surface area contributed by atoms with Gasteiger partial charge in [0.1, 0.15) is 0 Å². The molecule has 0 radical (unpaired) electrons. The first-order chi connectivity index (χ1) is 11.1. The van der Waals surface area contributed by atoms with Crippen molar-refractivity contribution in [2.24, 2.45) is 0 Å². The molecular weight excluding hydrogens is 326 g/mol. The molecule has 0 aliphatic rings. The average Bonchev–Trinajstić information content (AvgIpc) is 2.45. The van der Waals surface area contributed by atoms with Crippen molar-refractivity contribution >= 4 is 10.4 Å². The lowest BCUT2D eigenvalue weighted by atomic mass is 10.1. The van der Waals surface area contributed by atoms with E-state index in [1.807, 2.05) is 0 Å². The first-order valence-corrected chi connectivity index (χ1v) is 11.0.